The minimum absolute atomic E-state index is 0.277. The van der Waals surface area contributed by atoms with Crippen LogP contribution in [0.25, 0.3) is 0 Å². The van der Waals surface area contributed by atoms with E-state index in [1.807, 2.05) is 0 Å². The van der Waals surface area contributed by atoms with E-state index in [1.165, 1.54) is 38.5 Å². The van der Waals surface area contributed by atoms with E-state index in [9.17, 15) is 0 Å². The summed E-state index contributed by atoms with van der Waals surface area (Å²) in [5.41, 5.74) is 0.277. The summed E-state index contributed by atoms with van der Waals surface area (Å²) in [4.78, 5) is 2.70. The highest BCUT2D eigenvalue weighted by Crippen LogP contribution is 2.31. The van der Waals surface area contributed by atoms with Crippen LogP contribution >= 0.6 is 0 Å². The summed E-state index contributed by atoms with van der Waals surface area (Å²) < 4.78 is 0. The zero-order chi connectivity index (χ0) is 13.0. The molecule has 1 saturated carbocycles. The molecule has 0 radical (unpaired) electrons. The largest absolute Gasteiger partial charge is 0.312 e. The predicted octanol–water partition coefficient (Wildman–Crippen LogP) is 2.68. The second kappa shape index (κ2) is 6.04. The van der Waals surface area contributed by atoms with Gasteiger partial charge in [-0.1, -0.05) is 19.3 Å². The highest BCUT2D eigenvalue weighted by Gasteiger charge is 2.36. The maximum atomic E-state index is 8.93. The number of rotatable bonds is 2. The van der Waals surface area contributed by atoms with Crippen molar-refractivity contribution in [3.63, 3.8) is 0 Å². The Bertz CT molecular complexity index is 299. The molecule has 0 spiro atoms. The molecule has 1 saturated heterocycles. The lowest BCUT2D eigenvalue weighted by Crippen LogP contribution is -2.52. The van der Waals surface area contributed by atoms with Crippen LogP contribution in [-0.2, 0) is 0 Å². The van der Waals surface area contributed by atoms with E-state index < -0.39 is 0 Å². The highest BCUT2D eigenvalue weighted by molar-refractivity contribution is 4.95. The van der Waals surface area contributed by atoms with Crippen LogP contribution < -0.4 is 5.32 Å². The first-order chi connectivity index (χ1) is 8.63. The van der Waals surface area contributed by atoms with Gasteiger partial charge in [0.25, 0.3) is 0 Å². The Kier molecular flexibility index (Phi) is 4.64. The van der Waals surface area contributed by atoms with Gasteiger partial charge in [-0.3, -0.25) is 4.90 Å². The number of nitriles is 1. The molecule has 1 unspecified atom stereocenters. The van der Waals surface area contributed by atoms with Crippen LogP contribution in [0.4, 0.5) is 0 Å². The Labute approximate surface area is 112 Å². The fourth-order valence-corrected chi connectivity index (χ4v) is 3.56. The summed E-state index contributed by atoms with van der Waals surface area (Å²) in [6, 6.07) is 3.43. The van der Waals surface area contributed by atoms with Gasteiger partial charge in [0.2, 0.25) is 0 Å². The molecule has 102 valence electrons. The first kappa shape index (κ1) is 13.8. The van der Waals surface area contributed by atoms with Crippen molar-refractivity contribution < 1.29 is 0 Å². The van der Waals surface area contributed by atoms with Crippen LogP contribution in [0.15, 0.2) is 0 Å². The average Bonchev–Trinajstić information content (AvgIpc) is 2.50. The Morgan fingerprint density at radius 2 is 2.00 bits per heavy atom. The molecule has 0 bridgehead atoms. The molecular weight excluding hydrogens is 222 g/mol. The Morgan fingerprint density at radius 3 is 2.67 bits per heavy atom. The number of nitrogens with zero attached hydrogens (tertiary/aromatic N) is 2. The predicted molar refractivity (Wildman–Crippen MR) is 74.3 cm³/mol. The molecule has 1 N–H and O–H groups in total. The van der Waals surface area contributed by atoms with E-state index >= 15 is 0 Å². The average molecular weight is 249 g/mol. The zero-order valence-corrected chi connectivity index (χ0v) is 11.9. The summed E-state index contributed by atoms with van der Waals surface area (Å²) in [5, 5.41) is 12.5. The van der Waals surface area contributed by atoms with Gasteiger partial charge in [0.05, 0.1) is 12.5 Å². The van der Waals surface area contributed by atoms with E-state index in [0.29, 0.717) is 12.5 Å². The van der Waals surface area contributed by atoms with E-state index in [1.54, 1.807) is 0 Å². The van der Waals surface area contributed by atoms with Crippen molar-refractivity contribution in [3.05, 3.63) is 0 Å². The fourth-order valence-electron chi connectivity index (χ4n) is 3.56. The third-order valence-electron chi connectivity index (χ3n) is 4.72. The monoisotopic (exact) mass is 249 g/mol. The van der Waals surface area contributed by atoms with Gasteiger partial charge < -0.3 is 5.32 Å². The van der Waals surface area contributed by atoms with Gasteiger partial charge in [0.1, 0.15) is 0 Å². The summed E-state index contributed by atoms with van der Waals surface area (Å²) in [5.74, 6) is 0. The van der Waals surface area contributed by atoms with Crippen LogP contribution in [0.5, 0.6) is 0 Å². The van der Waals surface area contributed by atoms with Crippen molar-refractivity contribution in [2.45, 2.75) is 76.4 Å². The number of hydrogen-bond donors (Lipinski definition) is 1. The summed E-state index contributed by atoms with van der Waals surface area (Å²) in [6.07, 6.45) is 8.70. The summed E-state index contributed by atoms with van der Waals surface area (Å²) >= 11 is 0. The first-order valence-electron chi connectivity index (χ1n) is 7.50. The standard InChI is InChI=1S/C15H27N3/c1-15(2)9-11-17-13(8-10-16)12-18(15)14-6-4-3-5-7-14/h13-14,17H,3-9,11-12H2,1-2H3. The van der Waals surface area contributed by atoms with Gasteiger partial charge in [0, 0.05) is 24.2 Å². The van der Waals surface area contributed by atoms with Crippen LogP contribution in [0.2, 0.25) is 0 Å². The Hall–Kier alpha value is -0.590. The van der Waals surface area contributed by atoms with Crippen molar-refractivity contribution in [1.82, 2.24) is 10.2 Å². The molecule has 0 aromatic heterocycles. The quantitative estimate of drug-likeness (QED) is 0.818. The molecule has 3 nitrogen and oxygen atoms in total. The second-order valence-electron chi connectivity index (χ2n) is 6.52. The Balaban J connectivity index is 2.07. The summed E-state index contributed by atoms with van der Waals surface area (Å²) in [7, 11) is 0. The van der Waals surface area contributed by atoms with Gasteiger partial charge in [-0.2, -0.15) is 5.26 Å². The number of nitrogens with one attached hydrogen (secondary N) is 1. The van der Waals surface area contributed by atoms with Crippen LogP contribution in [0, 0.1) is 11.3 Å². The minimum Gasteiger partial charge on any atom is -0.312 e. The number of hydrogen-bond acceptors (Lipinski definition) is 3. The minimum atomic E-state index is 0.277. The van der Waals surface area contributed by atoms with E-state index in [-0.39, 0.29) is 5.54 Å². The van der Waals surface area contributed by atoms with Crippen LogP contribution in [0.3, 0.4) is 0 Å². The maximum absolute atomic E-state index is 8.93. The van der Waals surface area contributed by atoms with E-state index in [0.717, 1.165) is 19.1 Å². The fraction of sp³-hybridized carbons (Fsp3) is 0.933. The molecule has 0 aromatic carbocycles. The lowest BCUT2D eigenvalue weighted by molar-refractivity contribution is 0.0486. The van der Waals surface area contributed by atoms with E-state index in [2.05, 4.69) is 30.1 Å². The molecule has 2 fully saturated rings. The third kappa shape index (κ3) is 3.24. The van der Waals surface area contributed by atoms with Gasteiger partial charge in [-0.05, 0) is 39.7 Å². The second-order valence-corrected chi connectivity index (χ2v) is 6.52. The molecule has 1 atom stereocenters. The third-order valence-corrected chi connectivity index (χ3v) is 4.72. The lowest BCUT2D eigenvalue weighted by Gasteiger charge is -2.45. The highest BCUT2D eigenvalue weighted by atomic mass is 15.2. The molecule has 0 amide bonds. The summed E-state index contributed by atoms with van der Waals surface area (Å²) in [6.45, 7) is 6.84. The molecule has 1 aliphatic heterocycles. The van der Waals surface area contributed by atoms with Gasteiger partial charge in [-0.15, -0.1) is 0 Å². The van der Waals surface area contributed by atoms with Crippen molar-refractivity contribution >= 4 is 0 Å². The molecule has 1 aliphatic carbocycles. The smallest absolute Gasteiger partial charge is 0.0638 e. The maximum Gasteiger partial charge on any atom is 0.0638 e. The van der Waals surface area contributed by atoms with Gasteiger partial charge >= 0.3 is 0 Å². The van der Waals surface area contributed by atoms with Crippen molar-refractivity contribution in [1.29, 1.82) is 5.26 Å². The van der Waals surface area contributed by atoms with Crippen LogP contribution in [0.1, 0.15) is 58.8 Å². The zero-order valence-electron chi connectivity index (χ0n) is 11.9. The van der Waals surface area contributed by atoms with E-state index in [4.69, 9.17) is 5.26 Å². The van der Waals surface area contributed by atoms with Crippen molar-refractivity contribution in [2.75, 3.05) is 13.1 Å². The molecular formula is C15H27N3. The van der Waals surface area contributed by atoms with Crippen LogP contribution in [-0.4, -0.2) is 35.6 Å². The van der Waals surface area contributed by atoms with Crippen molar-refractivity contribution in [3.8, 4) is 6.07 Å². The SMILES string of the molecule is CC1(C)CCNC(CC#N)CN1C1CCCCC1. The van der Waals surface area contributed by atoms with Gasteiger partial charge in [-0.25, -0.2) is 0 Å². The molecule has 18 heavy (non-hydrogen) atoms. The molecule has 0 aromatic rings. The first-order valence-corrected chi connectivity index (χ1v) is 7.50. The Morgan fingerprint density at radius 1 is 1.28 bits per heavy atom. The molecule has 1 heterocycles. The molecule has 3 heteroatoms. The molecule has 2 aliphatic rings. The molecule has 2 rings (SSSR count). The van der Waals surface area contributed by atoms with Gasteiger partial charge in [0.15, 0.2) is 0 Å². The van der Waals surface area contributed by atoms with Crippen molar-refractivity contribution in [2.24, 2.45) is 0 Å². The lowest BCUT2D eigenvalue weighted by atomic mass is 9.88. The normalized spacial score (nSPS) is 30.6. The topological polar surface area (TPSA) is 39.1 Å².